The van der Waals surface area contributed by atoms with E-state index in [-0.39, 0.29) is 11.6 Å². The lowest BCUT2D eigenvalue weighted by Crippen LogP contribution is -2.33. The van der Waals surface area contributed by atoms with Crippen LogP contribution in [0.4, 0.5) is 0 Å². The van der Waals surface area contributed by atoms with E-state index in [2.05, 4.69) is 20.5 Å². The molecule has 1 saturated carbocycles. The standard InChI is InChI=1S/C18H25N5O2/c1-12-10-13(2)23(18(25)21-12)9-8-19-17(24)15-11-20-22-16(15)14-6-4-3-5-7-14/h10-11,14H,3-9H2,1-2H3,(H,19,24)(H,20,22). The van der Waals surface area contributed by atoms with Gasteiger partial charge in [0.05, 0.1) is 17.5 Å². The summed E-state index contributed by atoms with van der Waals surface area (Å²) >= 11 is 0. The minimum atomic E-state index is -0.280. The molecule has 0 aromatic carbocycles. The van der Waals surface area contributed by atoms with Crippen molar-refractivity contribution < 1.29 is 4.79 Å². The quantitative estimate of drug-likeness (QED) is 0.869. The second kappa shape index (κ2) is 7.63. The molecule has 1 fully saturated rings. The van der Waals surface area contributed by atoms with E-state index in [9.17, 15) is 9.59 Å². The molecule has 25 heavy (non-hydrogen) atoms. The number of nitrogens with zero attached hydrogens (tertiary/aromatic N) is 3. The van der Waals surface area contributed by atoms with Crippen molar-refractivity contribution in [1.82, 2.24) is 25.1 Å². The van der Waals surface area contributed by atoms with Gasteiger partial charge in [-0.05, 0) is 32.8 Å². The van der Waals surface area contributed by atoms with Crippen LogP contribution in [0.15, 0.2) is 17.1 Å². The van der Waals surface area contributed by atoms with Crippen LogP contribution in [-0.2, 0) is 6.54 Å². The molecule has 2 aromatic rings. The van der Waals surface area contributed by atoms with Crippen molar-refractivity contribution in [3.05, 3.63) is 45.4 Å². The Morgan fingerprint density at radius 2 is 2.08 bits per heavy atom. The molecule has 1 amide bonds. The highest BCUT2D eigenvalue weighted by molar-refractivity contribution is 5.95. The fourth-order valence-electron chi connectivity index (χ4n) is 3.60. The Labute approximate surface area is 146 Å². The van der Waals surface area contributed by atoms with Crippen LogP contribution < -0.4 is 11.0 Å². The number of carbonyl (C=O) groups is 1. The second-order valence-corrected chi connectivity index (χ2v) is 6.76. The van der Waals surface area contributed by atoms with E-state index in [1.165, 1.54) is 19.3 Å². The zero-order valence-corrected chi connectivity index (χ0v) is 14.8. The first kappa shape index (κ1) is 17.4. The van der Waals surface area contributed by atoms with Gasteiger partial charge in [0.25, 0.3) is 5.91 Å². The first-order chi connectivity index (χ1) is 12.1. The summed E-state index contributed by atoms with van der Waals surface area (Å²) in [6, 6.07) is 1.86. The predicted octanol–water partition coefficient (Wildman–Crippen LogP) is 2.06. The Morgan fingerprint density at radius 1 is 1.32 bits per heavy atom. The minimum absolute atomic E-state index is 0.139. The highest BCUT2D eigenvalue weighted by Gasteiger charge is 2.23. The Balaban J connectivity index is 1.62. The van der Waals surface area contributed by atoms with Gasteiger partial charge in [0.2, 0.25) is 0 Å². The third kappa shape index (κ3) is 3.97. The SMILES string of the molecule is Cc1cc(C)n(CCNC(=O)c2cn[nH]c2C2CCCCC2)c(=O)n1. The number of H-pyrrole nitrogens is 1. The Hall–Kier alpha value is -2.44. The summed E-state index contributed by atoms with van der Waals surface area (Å²) in [6.45, 7) is 4.45. The molecule has 0 aliphatic heterocycles. The maximum Gasteiger partial charge on any atom is 0.348 e. The summed E-state index contributed by atoms with van der Waals surface area (Å²) in [5.74, 6) is 0.253. The topological polar surface area (TPSA) is 92.7 Å². The molecule has 0 saturated heterocycles. The molecule has 7 heteroatoms. The van der Waals surface area contributed by atoms with Crippen LogP contribution in [0.2, 0.25) is 0 Å². The summed E-state index contributed by atoms with van der Waals surface area (Å²) in [6.07, 6.45) is 7.48. The zero-order chi connectivity index (χ0) is 17.8. The van der Waals surface area contributed by atoms with Crippen molar-refractivity contribution in [3.8, 4) is 0 Å². The number of aromatic nitrogens is 4. The van der Waals surface area contributed by atoms with E-state index in [0.717, 1.165) is 24.2 Å². The summed E-state index contributed by atoms with van der Waals surface area (Å²) in [5.41, 5.74) is 2.84. The zero-order valence-electron chi connectivity index (χ0n) is 14.8. The molecule has 0 radical (unpaired) electrons. The third-order valence-electron chi connectivity index (χ3n) is 4.89. The Kier molecular flexibility index (Phi) is 5.31. The predicted molar refractivity (Wildman–Crippen MR) is 94.7 cm³/mol. The highest BCUT2D eigenvalue weighted by Crippen LogP contribution is 2.33. The highest BCUT2D eigenvalue weighted by atomic mass is 16.2. The van der Waals surface area contributed by atoms with Gasteiger partial charge in [-0.15, -0.1) is 0 Å². The smallest absolute Gasteiger partial charge is 0.348 e. The number of amides is 1. The van der Waals surface area contributed by atoms with Gasteiger partial charge in [0, 0.05) is 30.4 Å². The molecular formula is C18H25N5O2. The summed E-state index contributed by atoms with van der Waals surface area (Å²) < 4.78 is 1.57. The van der Waals surface area contributed by atoms with Crippen LogP contribution in [0, 0.1) is 13.8 Å². The van der Waals surface area contributed by atoms with Crippen molar-refractivity contribution >= 4 is 5.91 Å². The Morgan fingerprint density at radius 3 is 2.80 bits per heavy atom. The molecule has 2 aromatic heterocycles. The van der Waals surface area contributed by atoms with Gasteiger partial charge in [-0.25, -0.2) is 4.79 Å². The van der Waals surface area contributed by atoms with Crippen LogP contribution in [-0.4, -0.2) is 32.2 Å². The van der Waals surface area contributed by atoms with Gasteiger partial charge in [0.1, 0.15) is 0 Å². The first-order valence-electron chi connectivity index (χ1n) is 8.93. The summed E-state index contributed by atoms with van der Waals surface area (Å²) in [5, 5.41) is 9.98. The maximum atomic E-state index is 12.5. The molecule has 7 nitrogen and oxygen atoms in total. The molecule has 0 bridgehead atoms. The van der Waals surface area contributed by atoms with Crippen molar-refractivity contribution in [3.63, 3.8) is 0 Å². The number of nitrogens with one attached hydrogen (secondary N) is 2. The van der Waals surface area contributed by atoms with Crippen molar-refractivity contribution in [2.75, 3.05) is 6.54 Å². The van der Waals surface area contributed by atoms with E-state index in [4.69, 9.17) is 0 Å². The molecule has 0 spiro atoms. The number of hydrogen-bond donors (Lipinski definition) is 2. The number of rotatable bonds is 5. The van der Waals surface area contributed by atoms with Crippen molar-refractivity contribution in [2.24, 2.45) is 0 Å². The molecule has 1 aliphatic carbocycles. The monoisotopic (exact) mass is 343 g/mol. The lowest BCUT2D eigenvalue weighted by atomic mass is 9.85. The van der Waals surface area contributed by atoms with E-state index in [0.29, 0.717) is 30.3 Å². The van der Waals surface area contributed by atoms with E-state index >= 15 is 0 Å². The van der Waals surface area contributed by atoms with E-state index in [1.807, 2.05) is 13.0 Å². The lowest BCUT2D eigenvalue weighted by molar-refractivity contribution is 0.0950. The summed E-state index contributed by atoms with van der Waals surface area (Å²) in [4.78, 5) is 28.4. The van der Waals surface area contributed by atoms with Crippen LogP contribution in [0.25, 0.3) is 0 Å². The number of aromatic amines is 1. The molecule has 134 valence electrons. The van der Waals surface area contributed by atoms with Gasteiger partial charge in [0.15, 0.2) is 0 Å². The molecule has 0 atom stereocenters. The van der Waals surface area contributed by atoms with Gasteiger partial charge in [-0.3, -0.25) is 14.5 Å². The van der Waals surface area contributed by atoms with Crippen LogP contribution in [0.5, 0.6) is 0 Å². The van der Waals surface area contributed by atoms with E-state index in [1.54, 1.807) is 17.7 Å². The van der Waals surface area contributed by atoms with Crippen LogP contribution in [0.3, 0.4) is 0 Å². The molecular weight excluding hydrogens is 318 g/mol. The number of aryl methyl sites for hydroxylation is 2. The average molecular weight is 343 g/mol. The Bertz CT molecular complexity index is 802. The average Bonchev–Trinajstić information content (AvgIpc) is 3.07. The van der Waals surface area contributed by atoms with Crippen LogP contribution in [0.1, 0.15) is 65.5 Å². The third-order valence-corrected chi connectivity index (χ3v) is 4.89. The van der Waals surface area contributed by atoms with Gasteiger partial charge in [-0.2, -0.15) is 10.1 Å². The van der Waals surface area contributed by atoms with Crippen molar-refractivity contribution in [2.45, 2.75) is 58.4 Å². The lowest BCUT2D eigenvalue weighted by Gasteiger charge is -2.21. The maximum absolute atomic E-state index is 12.5. The molecule has 1 aliphatic rings. The fourth-order valence-corrected chi connectivity index (χ4v) is 3.60. The van der Waals surface area contributed by atoms with Gasteiger partial charge >= 0.3 is 5.69 Å². The molecule has 0 unspecified atom stereocenters. The molecule has 3 rings (SSSR count). The van der Waals surface area contributed by atoms with Crippen molar-refractivity contribution in [1.29, 1.82) is 0 Å². The number of hydrogen-bond acceptors (Lipinski definition) is 4. The second-order valence-electron chi connectivity index (χ2n) is 6.76. The van der Waals surface area contributed by atoms with Gasteiger partial charge in [-0.1, -0.05) is 19.3 Å². The van der Waals surface area contributed by atoms with Crippen LogP contribution >= 0.6 is 0 Å². The minimum Gasteiger partial charge on any atom is -0.350 e. The first-order valence-corrected chi connectivity index (χ1v) is 8.93. The normalized spacial score (nSPS) is 15.3. The molecule has 2 N–H and O–H groups in total. The largest absolute Gasteiger partial charge is 0.350 e. The summed E-state index contributed by atoms with van der Waals surface area (Å²) in [7, 11) is 0. The van der Waals surface area contributed by atoms with E-state index < -0.39 is 0 Å². The number of carbonyl (C=O) groups excluding carboxylic acids is 1. The van der Waals surface area contributed by atoms with Gasteiger partial charge < -0.3 is 5.32 Å². The fraction of sp³-hybridized carbons (Fsp3) is 0.556. The molecule has 2 heterocycles.